The molecule has 0 unspecified atom stereocenters. The van der Waals surface area contributed by atoms with Crippen LogP contribution in [-0.2, 0) is 23.8 Å². The molecule has 20 heavy (non-hydrogen) atoms. The third-order valence-electron chi connectivity index (χ3n) is 2.48. The van der Waals surface area contributed by atoms with Gasteiger partial charge < -0.3 is 14.2 Å². The Bertz CT molecular complexity index is 397. The van der Waals surface area contributed by atoms with Crippen molar-refractivity contribution in [1.29, 1.82) is 0 Å². The molecule has 5 nitrogen and oxygen atoms in total. The van der Waals surface area contributed by atoms with Crippen LogP contribution in [0, 0.1) is 5.41 Å². The Morgan fingerprint density at radius 1 is 1.25 bits per heavy atom. The molecule has 0 aromatic rings. The van der Waals surface area contributed by atoms with Gasteiger partial charge in [0.05, 0.1) is 11.0 Å². The molecular weight excluding hydrogens is 260 g/mol. The molecule has 0 radical (unpaired) electrons. The van der Waals surface area contributed by atoms with Crippen molar-refractivity contribution in [2.75, 3.05) is 6.61 Å². The minimum Gasteiger partial charge on any atom is -0.462 e. The highest BCUT2D eigenvalue weighted by molar-refractivity contribution is 5.94. The maximum absolute atomic E-state index is 11.7. The second kappa shape index (κ2) is 6.06. The second-order valence-corrected chi connectivity index (χ2v) is 6.83. The van der Waals surface area contributed by atoms with Crippen LogP contribution in [0.1, 0.15) is 41.5 Å². The fourth-order valence-corrected chi connectivity index (χ4v) is 1.46. The Morgan fingerprint density at radius 3 is 2.35 bits per heavy atom. The van der Waals surface area contributed by atoms with Gasteiger partial charge in [0.1, 0.15) is 6.61 Å². The summed E-state index contributed by atoms with van der Waals surface area (Å²) in [7, 11) is 0. The number of carbonyl (C=O) groups excluding carboxylic acids is 2. The SMILES string of the molecule is CC(C)(C)O[C@@H]1C=CC(=O)[C@@H](COC(=O)C(C)(C)C)O1. The maximum atomic E-state index is 11.7. The van der Waals surface area contributed by atoms with Crippen LogP contribution >= 0.6 is 0 Å². The van der Waals surface area contributed by atoms with Crippen LogP contribution in [0.4, 0.5) is 0 Å². The lowest BCUT2D eigenvalue weighted by Crippen LogP contribution is -2.40. The van der Waals surface area contributed by atoms with E-state index in [2.05, 4.69) is 0 Å². The van der Waals surface area contributed by atoms with Crippen molar-refractivity contribution < 1.29 is 23.8 Å². The third-order valence-corrected chi connectivity index (χ3v) is 2.48. The van der Waals surface area contributed by atoms with Gasteiger partial charge in [0, 0.05) is 0 Å². The Hall–Kier alpha value is -1.20. The van der Waals surface area contributed by atoms with E-state index in [0.717, 1.165) is 0 Å². The summed E-state index contributed by atoms with van der Waals surface area (Å²) in [6, 6.07) is 0. The van der Waals surface area contributed by atoms with Gasteiger partial charge in [-0.3, -0.25) is 9.59 Å². The number of carbonyl (C=O) groups is 2. The summed E-state index contributed by atoms with van der Waals surface area (Å²) in [6.45, 7) is 10.9. The highest BCUT2D eigenvalue weighted by Gasteiger charge is 2.31. The molecule has 0 N–H and O–H groups in total. The fraction of sp³-hybridized carbons (Fsp3) is 0.733. The smallest absolute Gasteiger partial charge is 0.311 e. The van der Waals surface area contributed by atoms with Gasteiger partial charge in [0.25, 0.3) is 0 Å². The highest BCUT2D eigenvalue weighted by Crippen LogP contribution is 2.19. The van der Waals surface area contributed by atoms with Crippen molar-refractivity contribution in [2.24, 2.45) is 5.41 Å². The third kappa shape index (κ3) is 5.43. The highest BCUT2D eigenvalue weighted by atomic mass is 16.7. The van der Waals surface area contributed by atoms with Crippen LogP contribution in [-0.4, -0.2) is 36.4 Å². The molecule has 5 heteroatoms. The average Bonchev–Trinajstić information content (AvgIpc) is 2.26. The minimum absolute atomic E-state index is 0.0940. The van der Waals surface area contributed by atoms with Gasteiger partial charge in [0.15, 0.2) is 18.2 Å². The summed E-state index contributed by atoms with van der Waals surface area (Å²) < 4.78 is 16.3. The maximum Gasteiger partial charge on any atom is 0.311 e. The molecule has 0 fully saturated rings. The number of esters is 1. The van der Waals surface area contributed by atoms with Crippen molar-refractivity contribution in [3.05, 3.63) is 12.2 Å². The van der Waals surface area contributed by atoms with Gasteiger partial charge in [-0.15, -0.1) is 0 Å². The monoisotopic (exact) mass is 284 g/mol. The Balaban J connectivity index is 2.57. The normalized spacial score (nSPS) is 23.8. The first kappa shape index (κ1) is 16.9. The van der Waals surface area contributed by atoms with Crippen LogP contribution in [0.3, 0.4) is 0 Å². The van der Waals surface area contributed by atoms with Gasteiger partial charge in [0.2, 0.25) is 0 Å². The number of hydrogen-bond donors (Lipinski definition) is 0. The molecule has 2 atom stereocenters. The molecule has 0 saturated carbocycles. The zero-order valence-electron chi connectivity index (χ0n) is 13.1. The van der Waals surface area contributed by atoms with E-state index in [1.165, 1.54) is 6.08 Å². The van der Waals surface area contributed by atoms with Gasteiger partial charge in [-0.2, -0.15) is 0 Å². The number of ether oxygens (including phenoxy) is 3. The lowest BCUT2D eigenvalue weighted by Gasteiger charge is -2.30. The second-order valence-electron chi connectivity index (χ2n) is 6.83. The first-order valence-corrected chi connectivity index (χ1v) is 6.71. The molecule has 0 amide bonds. The van der Waals surface area contributed by atoms with E-state index >= 15 is 0 Å². The van der Waals surface area contributed by atoms with Crippen molar-refractivity contribution >= 4 is 11.8 Å². The molecule has 114 valence electrons. The lowest BCUT2D eigenvalue weighted by molar-refractivity contribution is -0.204. The van der Waals surface area contributed by atoms with E-state index in [9.17, 15) is 9.59 Å². The molecule has 1 rings (SSSR count). The lowest BCUT2D eigenvalue weighted by atomic mass is 9.97. The predicted octanol–water partition coefficient (Wildman–Crippen LogP) is 2.24. The van der Waals surface area contributed by atoms with E-state index in [-0.39, 0.29) is 24.0 Å². The first-order valence-electron chi connectivity index (χ1n) is 6.71. The zero-order chi connectivity index (χ0) is 15.6. The standard InChI is InChI=1S/C15H24O5/c1-14(2,3)13(17)18-9-11-10(16)7-8-12(19-11)20-15(4,5)6/h7-8,11-12H,9H2,1-6H3/t11-,12-/m1/s1. The fourth-order valence-electron chi connectivity index (χ4n) is 1.46. The van der Waals surface area contributed by atoms with Crippen LogP contribution < -0.4 is 0 Å². The summed E-state index contributed by atoms with van der Waals surface area (Å²) in [5.41, 5.74) is -0.989. The zero-order valence-corrected chi connectivity index (χ0v) is 13.1. The summed E-state index contributed by atoms with van der Waals surface area (Å²) in [4.78, 5) is 23.4. The molecule has 0 aliphatic carbocycles. The van der Waals surface area contributed by atoms with E-state index in [1.807, 2.05) is 20.8 Å². The van der Waals surface area contributed by atoms with Gasteiger partial charge in [-0.1, -0.05) is 0 Å². The predicted molar refractivity (Wildman–Crippen MR) is 74.1 cm³/mol. The number of rotatable bonds is 3. The summed E-state index contributed by atoms with van der Waals surface area (Å²) in [5.74, 6) is -0.586. The number of hydrogen-bond acceptors (Lipinski definition) is 5. The van der Waals surface area contributed by atoms with E-state index in [1.54, 1.807) is 26.8 Å². The van der Waals surface area contributed by atoms with Gasteiger partial charge in [-0.25, -0.2) is 0 Å². The van der Waals surface area contributed by atoms with E-state index in [4.69, 9.17) is 14.2 Å². The van der Waals surface area contributed by atoms with E-state index < -0.39 is 17.8 Å². The van der Waals surface area contributed by atoms with Crippen molar-refractivity contribution in [3.8, 4) is 0 Å². The van der Waals surface area contributed by atoms with Crippen molar-refractivity contribution in [1.82, 2.24) is 0 Å². The molecule has 0 spiro atoms. The Morgan fingerprint density at radius 2 is 1.85 bits per heavy atom. The minimum atomic E-state index is -0.807. The summed E-state index contributed by atoms with van der Waals surface area (Å²) >= 11 is 0. The summed E-state index contributed by atoms with van der Waals surface area (Å²) in [5, 5.41) is 0. The molecule has 0 aromatic carbocycles. The Labute approximate surface area is 120 Å². The largest absolute Gasteiger partial charge is 0.462 e. The molecule has 1 aliphatic rings. The summed E-state index contributed by atoms with van der Waals surface area (Å²) in [6.07, 6.45) is 1.57. The van der Waals surface area contributed by atoms with Crippen LogP contribution in [0.25, 0.3) is 0 Å². The first-order chi connectivity index (χ1) is 8.99. The molecule has 1 heterocycles. The Kier molecular flexibility index (Phi) is 5.10. The molecule has 0 aromatic heterocycles. The van der Waals surface area contributed by atoms with Crippen molar-refractivity contribution in [3.63, 3.8) is 0 Å². The molecule has 0 saturated heterocycles. The van der Waals surface area contributed by atoms with Gasteiger partial charge in [-0.05, 0) is 53.7 Å². The molecular formula is C15H24O5. The topological polar surface area (TPSA) is 61.8 Å². The van der Waals surface area contributed by atoms with E-state index in [0.29, 0.717) is 0 Å². The molecule has 1 aliphatic heterocycles. The average molecular weight is 284 g/mol. The van der Waals surface area contributed by atoms with Crippen LogP contribution in [0.2, 0.25) is 0 Å². The quantitative estimate of drug-likeness (QED) is 0.744. The van der Waals surface area contributed by atoms with Crippen molar-refractivity contribution in [2.45, 2.75) is 59.5 Å². The number of ketones is 1. The molecule has 0 bridgehead atoms. The van der Waals surface area contributed by atoms with Crippen LogP contribution in [0.5, 0.6) is 0 Å². The van der Waals surface area contributed by atoms with Gasteiger partial charge >= 0.3 is 5.97 Å². The van der Waals surface area contributed by atoms with Crippen LogP contribution in [0.15, 0.2) is 12.2 Å².